The molecule has 0 aliphatic heterocycles. The highest BCUT2D eigenvalue weighted by molar-refractivity contribution is 7.99. The average molecular weight is 341 g/mol. The van der Waals surface area contributed by atoms with Crippen molar-refractivity contribution in [3.05, 3.63) is 48.3 Å². The third kappa shape index (κ3) is 3.09. The summed E-state index contributed by atoms with van der Waals surface area (Å²) in [4.78, 5) is 0. The van der Waals surface area contributed by atoms with Crippen molar-refractivity contribution in [3.8, 4) is 11.4 Å². The van der Waals surface area contributed by atoms with Crippen molar-refractivity contribution in [2.24, 2.45) is 7.05 Å². The van der Waals surface area contributed by atoms with E-state index in [1.165, 1.54) is 0 Å². The van der Waals surface area contributed by atoms with E-state index >= 15 is 0 Å². The van der Waals surface area contributed by atoms with E-state index < -0.39 is 0 Å². The Kier molecular flexibility index (Phi) is 4.75. The Hall–Kier alpha value is -2.48. The fourth-order valence-corrected chi connectivity index (χ4v) is 3.48. The third-order valence-electron chi connectivity index (χ3n) is 3.71. The van der Waals surface area contributed by atoms with Crippen molar-refractivity contribution in [2.45, 2.75) is 30.8 Å². The molecule has 0 aliphatic carbocycles. The number of nitrogens with zero attached hydrogens (tertiary/aromatic N) is 7. The molecule has 24 heavy (non-hydrogen) atoms. The zero-order valence-electron chi connectivity index (χ0n) is 13.9. The second kappa shape index (κ2) is 6.96. The van der Waals surface area contributed by atoms with Crippen molar-refractivity contribution >= 4 is 11.8 Å². The van der Waals surface area contributed by atoms with Crippen molar-refractivity contribution in [3.63, 3.8) is 0 Å². The van der Waals surface area contributed by atoms with Crippen LogP contribution < -0.4 is 0 Å². The van der Waals surface area contributed by atoms with Gasteiger partial charge in [-0.25, -0.2) is 4.68 Å². The molecule has 0 aliphatic rings. The maximum absolute atomic E-state index is 4.41. The molecule has 0 unspecified atom stereocenters. The molecule has 8 heteroatoms. The van der Waals surface area contributed by atoms with E-state index in [0.717, 1.165) is 27.9 Å². The zero-order valence-corrected chi connectivity index (χ0v) is 14.7. The van der Waals surface area contributed by atoms with Gasteiger partial charge < -0.3 is 0 Å². The Morgan fingerprint density at radius 3 is 2.71 bits per heavy atom. The molecule has 124 valence electrons. The van der Waals surface area contributed by atoms with Crippen molar-refractivity contribution < 1.29 is 0 Å². The number of hydrogen-bond acceptors (Lipinski definition) is 6. The number of benzene rings is 1. The van der Waals surface area contributed by atoms with E-state index in [2.05, 4.69) is 62.8 Å². The van der Waals surface area contributed by atoms with E-state index in [-0.39, 0.29) is 5.25 Å². The molecule has 2 heterocycles. The molecule has 3 aromatic rings. The molecule has 0 spiro atoms. The van der Waals surface area contributed by atoms with Crippen molar-refractivity contribution in [1.29, 1.82) is 0 Å². The van der Waals surface area contributed by atoms with Crippen molar-refractivity contribution in [1.82, 2.24) is 35.0 Å². The lowest BCUT2D eigenvalue weighted by Gasteiger charge is -2.12. The Bertz CT molecular complexity index is 852. The molecule has 0 bridgehead atoms. The fourth-order valence-electron chi connectivity index (χ4n) is 2.48. The van der Waals surface area contributed by atoms with Crippen LogP contribution in [0, 0.1) is 6.92 Å². The highest BCUT2D eigenvalue weighted by Crippen LogP contribution is 2.34. The van der Waals surface area contributed by atoms with Crippen LogP contribution in [-0.2, 0) is 13.6 Å². The average Bonchev–Trinajstić information content (AvgIpc) is 3.15. The van der Waals surface area contributed by atoms with Crippen LogP contribution in [0.25, 0.3) is 11.4 Å². The van der Waals surface area contributed by atoms with Gasteiger partial charge in [-0.15, -0.1) is 21.9 Å². The first-order valence-electron chi connectivity index (χ1n) is 7.60. The van der Waals surface area contributed by atoms with E-state index in [4.69, 9.17) is 0 Å². The van der Waals surface area contributed by atoms with Crippen LogP contribution in [0.1, 0.15) is 23.6 Å². The highest BCUT2D eigenvalue weighted by Gasteiger charge is 2.20. The molecule has 1 atom stereocenters. The summed E-state index contributed by atoms with van der Waals surface area (Å²) in [6.07, 6.45) is 1.85. The second-order valence-electron chi connectivity index (χ2n) is 5.44. The van der Waals surface area contributed by atoms with Crippen LogP contribution in [-0.4, -0.2) is 35.0 Å². The quantitative estimate of drug-likeness (QED) is 0.507. The molecule has 0 saturated carbocycles. The van der Waals surface area contributed by atoms with E-state index in [1.54, 1.807) is 16.4 Å². The van der Waals surface area contributed by atoms with Gasteiger partial charge in [-0.1, -0.05) is 42.1 Å². The summed E-state index contributed by atoms with van der Waals surface area (Å²) in [5.74, 6) is 1.64. The molecule has 0 N–H and O–H groups in total. The Labute approximate surface area is 144 Å². The minimum atomic E-state index is 0.0579. The summed E-state index contributed by atoms with van der Waals surface area (Å²) in [6.45, 7) is 8.62. The second-order valence-corrected chi connectivity index (χ2v) is 6.75. The Morgan fingerprint density at radius 2 is 2.04 bits per heavy atom. The first-order valence-corrected chi connectivity index (χ1v) is 8.48. The lowest BCUT2D eigenvalue weighted by atomic mass is 10.1. The van der Waals surface area contributed by atoms with Gasteiger partial charge in [0.25, 0.3) is 0 Å². The summed E-state index contributed by atoms with van der Waals surface area (Å²) in [5.41, 5.74) is 2.24. The van der Waals surface area contributed by atoms with Gasteiger partial charge in [0.05, 0.1) is 5.25 Å². The van der Waals surface area contributed by atoms with Crippen LogP contribution in [0.3, 0.4) is 0 Å². The van der Waals surface area contributed by atoms with Crippen LogP contribution in [0.15, 0.2) is 42.1 Å². The van der Waals surface area contributed by atoms with E-state index in [9.17, 15) is 0 Å². The van der Waals surface area contributed by atoms with Gasteiger partial charge in [0.1, 0.15) is 0 Å². The first-order chi connectivity index (χ1) is 11.6. The first kappa shape index (κ1) is 16.4. The van der Waals surface area contributed by atoms with Gasteiger partial charge in [-0.05, 0) is 29.8 Å². The fraction of sp³-hybridized carbons (Fsp3) is 0.312. The topological polar surface area (TPSA) is 74.3 Å². The maximum Gasteiger partial charge on any atom is 0.192 e. The smallest absolute Gasteiger partial charge is 0.192 e. The van der Waals surface area contributed by atoms with Gasteiger partial charge in [-0.3, -0.25) is 4.57 Å². The summed E-state index contributed by atoms with van der Waals surface area (Å²) < 4.78 is 3.74. The highest BCUT2D eigenvalue weighted by atomic mass is 32.2. The minimum absolute atomic E-state index is 0.0579. The molecule has 3 rings (SSSR count). The molecule has 0 amide bonds. The van der Waals surface area contributed by atoms with E-state index in [1.807, 2.05) is 25.3 Å². The van der Waals surface area contributed by atoms with Gasteiger partial charge in [0, 0.05) is 19.2 Å². The monoisotopic (exact) mass is 341 g/mol. The van der Waals surface area contributed by atoms with Gasteiger partial charge in [0.15, 0.2) is 16.8 Å². The van der Waals surface area contributed by atoms with Gasteiger partial charge in [0.2, 0.25) is 0 Å². The molecular formula is C16H19N7S. The van der Waals surface area contributed by atoms with Crippen LogP contribution in [0.4, 0.5) is 0 Å². The largest absolute Gasteiger partial charge is 0.298 e. The lowest BCUT2D eigenvalue weighted by Crippen LogP contribution is -2.05. The Balaban J connectivity index is 1.96. The number of rotatable bonds is 6. The molecule has 0 fully saturated rings. The molecular weight excluding hydrogens is 322 g/mol. The zero-order chi connectivity index (χ0) is 17.1. The number of aryl methyl sites for hydroxylation is 2. The molecule has 1 aromatic carbocycles. The van der Waals surface area contributed by atoms with Gasteiger partial charge >= 0.3 is 0 Å². The summed E-state index contributed by atoms with van der Waals surface area (Å²) >= 11 is 1.58. The van der Waals surface area contributed by atoms with E-state index in [0.29, 0.717) is 6.54 Å². The number of thioether (sulfide) groups is 1. The molecule has 7 nitrogen and oxygen atoms in total. The minimum Gasteiger partial charge on any atom is -0.298 e. The third-order valence-corrected chi connectivity index (χ3v) is 4.79. The summed E-state index contributed by atoms with van der Waals surface area (Å²) in [5, 5.41) is 21.3. The molecule has 2 aromatic heterocycles. The maximum atomic E-state index is 4.41. The predicted molar refractivity (Wildman–Crippen MR) is 93.5 cm³/mol. The standard InChI is InChI=1S/C16H19N7S/c1-5-10-23-15(13-9-7-6-8-11(13)2)17-19-16(23)24-12(3)14-18-20-21-22(14)4/h5-9,12H,1,10H2,2-4H3/t12-/m1/s1. The number of allylic oxidation sites excluding steroid dienone is 1. The van der Waals surface area contributed by atoms with Crippen LogP contribution in [0.5, 0.6) is 0 Å². The molecule has 0 saturated heterocycles. The number of tetrazole rings is 1. The normalized spacial score (nSPS) is 12.3. The predicted octanol–water partition coefficient (Wildman–Crippen LogP) is 2.82. The van der Waals surface area contributed by atoms with Crippen molar-refractivity contribution in [2.75, 3.05) is 0 Å². The Morgan fingerprint density at radius 1 is 1.25 bits per heavy atom. The number of hydrogen-bond donors (Lipinski definition) is 0. The SMILES string of the molecule is C=CCn1c(S[C@H](C)c2nnnn2C)nnc1-c1ccccc1C. The molecule has 0 radical (unpaired) electrons. The summed E-state index contributed by atoms with van der Waals surface area (Å²) in [6, 6.07) is 8.16. The lowest BCUT2D eigenvalue weighted by molar-refractivity contribution is 0.676. The van der Waals surface area contributed by atoms with Gasteiger partial charge in [-0.2, -0.15) is 0 Å². The van der Waals surface area contributed by atoms with Crippen LogP contribution >= 0.6 is 11.8 Å². The summed E-state index contributed by atoms with van der Waals surface area (Å²) in [7, 11) is 1.83. The van der Waals surface area contributed by atoms with Crippen LogP contribution in [0.2, 0.25) is 0 Å². The number of aromatic nitrogens is 7.